The summed E-state index contributed by atoms with van der Waals surface area (Å²) in [4.78, 5) is 26.3. The molecule has 1 aliphatic carbocycles. The third kappa shape index (κ3) is 1.93. The lowest BCUT2D eigenvalue weighted by molar-refractivity contribution is -0.142. The van der Waals surface area contributed by atoms with Crippen molar-refractivity contribution >= 4 is 11.8 Å². The number of ketones is 1. The molecule has 4 heteroatoms. The van der Waals surface area contributed by atoms with Crippen LogP contribution in [0.4, 0.5) is 0 Å². The van der Waals surface area contributed by atoms with Crippen LogP contribution in [0.3, 0.4) is 0 Å². The molecular formula is C15H21NO3. The summed E-state index contributed by atoms with van der Waals surface area (Å²) in [5.41, 5.74) is 1.27. The average Bonchev–Trinajstić information content (AvgIpc) is 2.61. The van der Waals surface area contributed by atoms with Crippen LogP contribution in [0.15, 0.2) is 11.6 Å². The van der Waals surface area contributed by atoms with Crippen molar-refractivity contribution in [1.82, 2.24) is 4.90 Å². The first-order valence-corrected chi connectivity index (χ1v) is 7.09. The van der Waals surface area contributed by atoms with Crippen LogP contribution in [0.5, 0.6) is 0 Å². The van der Waals surface area contributed by atoms with E-state index < -0.39 is 0 Å². The van der Waals surface area contributed by atoms with Crippen LogP contribution >= 0.6 is 0 Å². The highest BCUT2D eigenvalue weighted by Gasteiger charge is 2.53. The van der Waals surface area contributed by atoms with E-state index >= 15 is 0 Å². The van der Waals surface area contributed by atoms with Gasteiger partial charge in [0.05, 0.1) is 5.92 Å². The van der Waals surface area contributed by atoms with Gasteiger partial charge < -0.3 is 9.64 Å². The minimum Gasteiger partial charge on any atom is -0.462 e. The van der Waals surface area contributed by atoms with Crippen LogP contribution in [-0.2, 0) is 14.3 Å². The molecule has 19 heavy (non-hydrogen) atoms. The fourth-order valence-electron chi connectivity index (χ4n) is 4.18. The molecule has 2 saturated heterocycles. The van der Waals surface area contributed by atoms with Crippen LogP contribution in [0.25, 0.3) is 0 Å². The highest BCUT2D eigenvalue weighted by molar-refractivity contribution is 5.84. The summed E-state index contributed by atoms with van der Waals surface area (Å²) in [6.07, 6.45) is 2.97. The van der Waals surface area contributed by atoms with E-state index in [9.17, 15) is 9.59 Å². The number of carbonyl (C=O) groups is 2. The van der Waals surface area contributed by atoms with Gasteiger partial charge in [-0.1, -0.05) is 11.6 Å². The fourth-order valence-corrected chi connectivity index (χ4v) is 4.18. The number of esters is 1. The van der Waals surface area contributed by atoms with Crippen molar-refractivity contribution in [3.05, 3.63) is 11.6 Å². The first kappa shape index (κ1) is 12.9. The molecule has 0 saturated carbocycles. The maximum atomic E-state index is 12.1. The number of hydrogen-bond donors (Lipinski definition) is 0. The lowest BCUT2D eigenvalue weighted by Gasteiger charge is -2.42. The largest absolute Gasteiger partial charge is 0.462 e. The normalized spacial score (nSPS) is 42.2. The number of cyclic esters (lactones) is 1. The minimum absolute atomic E-state index is 0.0415. The van der Waals surface area contributed by atoms with Crippen LogP contribution in [0, 0.1) is 23.7 Å². The molecule has 0 aromatic heterocycles. The first-order valence-electron chi connectivity index (χ1n) is 7.09. The van der Waals surface area contributed by atoms with Gasteiger partial charge in [0.2, 0.25) is 0 Å². The summed E-state index contributed by atoms with van der Waals surface area (Å²) in [6.45, 7) is 5.48. The number of likely N-dealkylation sites (tertiary alicyclic amines) is 1. The van der Waals surface area contributed by atoms with Crippen molar-refractivity contribution in [1.29, 1.82) is 0 Å². The summed E-state index contributed by atoms with van der Waals surface area (Å²) in [5.74, 6) is 0.166. The number of nitrogens with zero attached hydrogens (tertiary/aromatic N) is 1. The minimum atomic E-state index is -0.207. The standard InChI is InChI=1S/C15H21NO3/c1-8(17)13-11-4-5-16(3)7-10(11)6-12-14(13)9(2)19-15(12)18/h6,9,11-14H,4-5,7H2,1-3H3/t9-,11-,12-,13+,14-/m1/s1. The molecule has 0 N–H and O–H groups in total. The van der Waals surface area contributed by atoms with Gasteiger partial charge in [-0.15, -0.1) is 0 Å². The number of carbonyl (C=O) groups excluding carboxylic acids is 2. The van der Waals surface area contributed by atoms with Gasteiger partial charge in [-0.2, -0.15) is 0 Å². The van der Waals surface area contributed by atoms with E-state index in [1.165, 1.54) is 5.57 Å². The molecule has 3 aliphatic rings. The Morgan fingerprint density at radius 1 is 1.47 bits per heavy atom. The molecule has 4 nitrogen and oxygen atoms in total. The predicted octanol–water partition coefficient (Wildman–Crippen LogP) is 1.26. The van der Waals surface area contributed by atoms with Crippen molar-refractivity contribution in [3.8, 4) is 0 Å². The van der Waals surface area contributed by atoms with E-state index in [1.807, 2.05) is 6.92 Å². The number of hydrogen-bond acceptors (Lipinski definition) is 4. The monoisotopic (exact) mass is 263 g/mol. The first-order chi connectivity index (χ1) is 8.99. The zero-order valence-corrected chi connectivity index (χ0v) is 11.8. The highest BCUT2D eigenvalue weighted by Crippen LogP contribution is 2.47. The molecule has 0 radical (unpaired) electrons. The van der Waals surface area contributed by atoms with E-state index in [0.717, 1.165) is 19.5 Å². The number of rotatable bonds is 1. The van der Waals surface area contributed by atoms with Crippen molar-refractivity contribution in [2.75, 3.05) is 20.1 Å². The molecule has 104 valence electrons. The summed E-state index contributed by atoms with van der Waals surface area (Å²) in [7, 11) is 2.08. The Hall–Kier alpha value is -1.16. The lowest BCUT2D eigenvalue weighted by Crippen LogP contribution is -2.46. The molecule has 5 atom stereocenters. The van der Waals surface area contributed by atoms with Gasteiger partial charge in [-0.25, -0.2) is 0 Å². The van der Waals surface area contributed by atoms with Gasteiger partial charge in [0.1, 0.15) is 11.9 Å². The third-order valence-electron chi connectivity index (χ3n) is 4.99. The average molecular weight is 263 g/mol. The lowest BCUT2D eigenvalue weighted by atomic mass is 9.63. The van der Waals surface area contributed by atoms with Crippen molar-refractivity contribution in [3.63, 3.8) is 0 Å². The molecule has 0 aromatic rings. The molecular weight excluding hydrogens is 242 g/mol. The van der Waals surface area contributed by atoms with Gasteiger partial charge in [0, 0.05) is 18.4 Å². The quantitative estimate of drug-likeness (QED) is 0.528. The SMILES string of the molecule is CC(=O)[C@@H]1[C@@H]2[C@@H](C)OC(=O)[C@@H]2C=C2CN(C)CC[C@H]21. The molecule has 2 aliphatic heterocycles. The molecule has 0 bridgehead atoms. The number of piperidine rings is 1. The fraction of sp³-hybridized carbons (Fsp3) is 0.733. The van der Waals surface area contributed by atoms with Gasteiger partial charge in [-0.3, -0.25) is 9.59 Å². The van der Waals surface area contributed by atoms with E-state index in [1.54, 1.807) is 6.92 Å². The summed E-state index contributed by atoms with van der Waals surface area (Å²) < 4.78 is 5.37. The summed E-state index contributed by atoms with van der Waals surface area (Å²) in [6, 6.07) is 0. The highest BCUT2D eigenvalue weighted by atomic mass is 16.6. The molecule has 3 rings (SSSR count). The number of ether oxygens (including phenoxy) is 1. The Morgan fingerprint density at radius 2 is 2.21 bits per heavy atom. The van der Waals surface area contributed by atoms with Crippen molar-refractivity contribution in [2.45, 2.75) is 26.4 Å². The van der Waals surface area contributed by atoms with E-state index in [4.69, 9.17) is 4.74 Å². The zero-order chi connectivity index (χ0) is 13.7. The topological polar surface area (TPSA) is 46.6 Å². The Bertz CT molecular complexity index is 456. The van der Waals surface area contributed by atoms with Gasteiger partial charge in [0.25, 0.3) is 0 Å². The maximum Gasteiger partial charge on any atom is 0.313 e. The molecule has 0 aromatic carbocycles. The smallest absolute Gasteiger partial charge is 0.313 e. The Kier molecular flexibility index (Phi) is 3.01. The van der Waals surface area contributed by atoms with Crippen molar-refractivity contribution < 1.29 is 14.3 Å². The number of likely N-dealkylation sites (N-methyl/N-ethyl adjacent to an activating group) is 1. The second-order valence-electron chi connectivity index (χ2n) is 6.26. The Balaban J connectivity index is 2.02. The third-order valence-corrected chi connectivity index (χ3v) is 4.99. The molecule has 2 fully saturated rings. The number of Topliss-reactive ketones (excluding diaryl/α,β-unsaturated/α-hetero) is 1. The van der Waals surface area contributed by atoms with E-state index in [-0.39, 0.29) is 35.6 Å². The van der Waals surface area contributed by atoms with Crippen LogP contribution in [0.1, 0.15) is 20.3 Å². The van der Waals surface area contributed by atoms with Gasteiger partial charge in [-0.05, 0) is 39.8 Å². The van der Waals surface area contributed by atoms with Crippen molar-refractivity contribution in [2.24, 2.45) is 23.7 Å². The van der Waals surface area contributed by atoms with Gasteiger partial charge >= 0.3 is 5.97 Å². The predicted molar refractivity (Wildman–Crippen MR) is 70.4 cm³/mol. The molecule has 0 unspecified atom stereocenters. The maximum absolute atomic E-state index is 12.1. The second-order valence-corrected chi connectivity index (χ2v) is 6.26. The zero-order valence-electron chi connectivity index (χ0n) is 11.8. The second kappa shape index (κ2) is 4.44. The molecule has 2 heterocycles. The van der Waals surface area contributed by atoms with Crippen LogP contribution in [-0.4, -0.2) is 42.9 Å². The molecule has 0 spiro atoms. The van der Waals surface area contributed by atoms with E-state index in [2.05, 4.69) is 18.0 Å². The van der Waals surface area contributed by atoms with Gasteiger partial charge in [0.15, 0.2) is 0 Å². The summed E-state index contributed by atoms with van der Waals surface area (Å²) >= 11 is 0. The van der Waals surface area contributed by atoms with Crippen LogP contribution < -0.4 is 0 Å². The molecule has 0 amide bonds. The van der Waals surface area contributed by atoms with E-state index in [0.29, 0.717) is 5.92 Å². The number of fused-ring (bicyclic) bond motifs is 2. The Labute approximate surface area is 113 Å². The van der Waals surface area contributed by atoms with Crippen LogP contribution in [0.2, 0.25) is 0 Å². The summed E-state index contributed by atoms with van der Waals surface area (Å²) in [5, 5.41) is 0. The Morgan fingerprint density at radius 3 is 2.89 bits per heavy atom.